The Morgan fingerprint density at radius 2 is 2.60 bits per heavy atom. The van der Waals surface area contributed by atoms with E-state index >= 15 is 0 Å². The molecule has 0 saturated heterocycles. The third-order valence-corrected chi connectivity index (χ3v) is 2.43. The Bertz CT molecular complexity index is 131. The summed E-state index contributed by atoms with van der Waals surface area (Å²) in [7, 11) is 0. The van der Waals surface area contributed by atoms with Gasteiger partial charge in [0.1, 0.15) is 0 Å². The van der Waals surface area contributed by atoms with Crippen LogP contribution >= 0.6 is 11.8 Å². The van der Waals surface area contributed by atoms with Gasteiger partial charge < -0.3 is 5.11 Å². The molecule has 0 saturated carbocycles. The standard InChI is InChI=1S/C8H14OS/c1-10-5-4-7-2-3-8(9)6-7/h6,8-9H,2-5H2,1H3. The predicted molar refractivity (Wildman–Crippen MR) is 46.3 cm³/mol. The van der Waals surface area contributed by atoms with Gasteiger partial charge in [0.15, 0.2) is 0 Å². The zero-order valence-corrected chi connectivity index (χ0v) is 7.16. The molecule has 58 valence electrons. The van der Waals surface area contributed by atoms with Gasteiger partial charge >= 0.3 is 0 Å². The lowest BCUT2D eigenvalue weighted by Gasteiger charge is -1.96. The lowest BCUT2D eigenvalue weighted by Crippen LogP contribution is -1.93. The molecule has 10 heavy (non-hydrogen) atoms. The number of aliphatic hydroxyl groups excluding tert-OH is 1. The van der Waals surface area contributed by atoms with Crippen LogP contribution in [0.1, 0.15) is 19.3 Å². The minimum absolute atomic E-state index is 0.142. The van der Waals surface area contributed by atoms with E-state index in [-0.39, 0.29) is 6.10 Å². The van der Waals surface area contributed by atoms with Gasteiger partial charge in [0.05, 0.1) is 6.10 Å². The van der Waals surface area contributed by atoms with Gasteiger partial charge in [-0.25, -0.2) is 0 Å². The summed E-state index contributed by atoms with van der Waals surface area (Å²) in [6, 6.07) is 0. The molecule has 0 radical (unpaired) electrons. The quantitative estimate of drug-likeness (QED) is 0.632. The zero-order chi connectivity index (χ0) is 7.40. The molecule has 0 heterocycles. The van der Waals surface area contributed by atoms with E-state index in [1.807, 2.05) is 17.8 Å². The molecule has 1 atom stereocenters. The molecular formula is C8H14OS. The van der Waals surface area contributed by atoms with Gasteiger partial charge in [0, 0.05) is 0 Å². The number of hydrogen-bond acceptors (Lipinski definition) is 2. The molecule has 0 fully saturated rings. The first kappa shape index (κ1) is 8.15. The summed E-state index contributed by atoms with van der Waals surface area (Å²) < 4.78 is 0. The van der Waals surface area contributed by atoms with E-state index in [4.69, 9.17) is 5.11 Å². The fourth-order valence-electron chi connectivity index (χ4n) is 1.21. The van der Waals surface area contributed by atoms with Crippen LogP contribution in [0.15, 0.2) is 11.6 Å². The van der Waals surface area contributed by atoms with Crippen molar-refractivity contribution in [3.8, 4) is 0 Å². The first-order valence-electron chi connectivity index (χ1n) is 3.69. The van der Waals surface area contributed by atoms with Crippen molar-refractivity contribution in [2.24, 2.45) is 0 Å². The van der Waals surface area contributed by atoms with Crippen LogP contribution in [0.2, 0.25) is 0 Å². The maximum absolute atomic E-state index is 9.12. The summed E-state index contributed by atoms with van der Waals surface area (Å²) in [5.74, 6) is 1.19. The second kappa shape index (κ2) is 4.04. The van der Waals surface area contributed by atoms with E-state index in [9.17, 15) is 0 Å². The summed E-state index contributed by atoms with van der Waals surface area (Å²) in [5.41, 5.74) is 1.45. The average molecular weight is 158 g/mol. The van der Waals surface area contributed by atoms with Crippen LogP contribution in [-0.2, 0) is 0 Å². The van der Waals surface area contributed by atoms with Crippen LogP contribution in [0.3, 0.4) is 0 Å². The molecule has 0 aromatic heterocycles. The second-order valence-corrected chi connectivity index (χ2v) is 3.66. The Hall–Kier alpha value is 0.0500. The van der Waals surface area contributed by atoms with Crippen molar-refractivity contribution in [1.29, 1.82) is 0 Å². The smallest absolute Gasteiger partial charge is 0.0726 e. The molecule has 1 unspecified atom stereocenters. The first-order chi connectivity index (χ1) is 4.83. The van der Waals surface area contributed by atoms with Gasteiger partial charge in [-0.3, -0.25) is 0 Å². The Morgan fingerprint density at radius 1 is 1.80 bits per heavy atom. The third-order valence-electron chi connectivity index (χ3n) is 1.82. The van der Waals surface area contributed by atoms with Crippen molar-refractivity contribution in [3.63, 3.8) is 0 Å². The van der Waals surface area contributed by atoms with E-state index < -0.39 is 0 Å². The van der Waals surface area contributed by atoms with Gasteiger partial charge in [-0.1, -0.05) is 11.6 Å². The number of aliphatic hydroxyl groups is 1. The summed E-state index contributed by atoms with van der Waals surface area (Å²) in [4.78, 5) is 0. The predicted octanol–water partition coefficient (Wildman–Crippen LogP) is 1.82. The van der Waals surface area contributed by atoms with Crippen molar-refractivity contribution in [1.82, 2.24) is 0 Å². The molecule has 1 nitrogen and oxygen atoms in total. The molecular weight excluding hydrogens is 144 g/mol. The minimum atomic E-state index is -0.142. The molecule has 1 rings (SSSR count). The zero-order valence-electron chi connectivity index (χ0n) is 6.34. The van der Waals surface area contributed by atoms with Gasteiger partial charge in [0.25, 0.3) is 0 Å². The average Bonchev–Trinajstić information content (AvgIpc) is 2.31. The number of rotatable bonds is 3. The number of allylic oxidation sites excluding steroid dienone is 1. The molecule has 0 spiro atoms. The highest BCUT2D eigenvalue weighted by Gasteiger charge is 2.11. The topological polar surface area (TPSA) is 20.2 Å². The molecule has 1 aliphatic carbocycles. The molecule has 0 aromatic carbocycles. The van der Waals surface area contributed by atoms with Crippen LogP contribution in [0.5, 0.6) is 0 Å². The fraction of sp³-hybridized carbons (Fsp3) is 0.750. The Morgan fingerprint density at radius 3 is 3.10 bits per heavy atom. The normalized spacial score (nSPS) is 25.0. The van der Waals surface area contributed by atoms with E-state index in [1.165, 1.54) is 11.3 Å². The highest BCUT2D eigenvalue weighted by molar-refractivity contribution is 7.98. The number of thioether (sulfide) groups is 1. The lowest BCUT2D eigenvalue weighted by atomic mass is 10.2. The summed E-state index contributed by atoms with van der Waals surface area (Å²) in [6.07, 6.45) is 7.21. The molecule has 0 bridgehead atoms. The summed E-state index contributed by atoms with van der Waals surface area (Å²) in [5, 5.41) is 9.12. The lowest BCUT2D eigenvalue weighted by molar-refractivity contribution is 0.223. The first-order valence-corrected chi connectivity index (χ1v) is 5.09. The van der Waals surface area contributed by atoms with Crippen molar-refractivity contribution < 1.29 is 5.11 Å². The molecule has 1 N–H and O–H groups in total. The minimum Gasteiger partial charge on any atom is -0.389 e. The van der Waals surface area contributed by atoms with E-state index in [0.29, 0.717) is 0 Å². The van der Waals surface area contributed by atoms with Crippen molar-refractivity contribution in [2.75, 3.05) is 12.0 Å². The van der Waals surface area contributed by atoms with E-state index in [0.717, 1.165) is 19.3 Å². The van der Waals surface area contributed by atoms with Crippen molar-refractivity contribution in [2.45, 2.75) is 25.4 Å². The summed E-state index contributed by atoms with van der Waals surface area (Å²) >= 11 is 1.87. The highest BCUT2D eigenvalue weighted by atomic mass is 32.2. The van der Waals surface area contributed by atoms with E-state index in [1.54, 1.807) is 0 Å². The Labute approximate surface area is 66.5 Å². The van der Waals surface area contributed by atoms with Crippen LogP contribution in [0.4, 0.5) is 0 Å². The van der Waals surface area contributed by atoms with Gasteiger partial charge in [0.2, 0.25) is 0 Å². The second-order valence-electron chi connectivity index (χ2n) is 2.67. The van der Waals surface area contributed by atoms with Crippen LogP contribution in [0, 0.1) is 0 Å². The Kier molecular flexibility index (Phi) is 3.29. The molecule has 0 amide bonds. The highest BCUT2D eigenvalue weighted by Crippen LogP contribution is 2.21. The maximum Gasteiger partial charge on any atom is 0.0726 e. The van der Waals surface area contributed by atoms with Crippen LogP contribution in [-0.4, -0.2) is 23.2 Å². The van der Waals surface area contributed by atoms with Crippen molar-refractivity contribution in [3.05, 3.63) is 11.6 Å². The summed E-state index contributed by atoms with van der Waals surface area (Å²) in [6.45, 7) is 0. The van der Waals surface area contributed by atoms with E-state index in [2.05, 4.69) is 6.26 Å². The monoisotopic (exact) mass is 158 g/mol. The largest absolute Gasteiger partial charge is 0.389 e. The molecule has 1 aliphatic rings. The van der Waals surface area contributed by atoms with Gasteiger partial charge in [-0.05, 0) is 31.3 Å². The SMILES string of the molecule is CSCCC1=CC(O)CC1. The fourth-order valence-corrected chi connectivity index (χ4v) is 1.68. The third kappa shape index (κ3) is 2.35. The maximum atomic E-state index is 9.12. The van der Waals surface area contributed by atoms with Crippen LogP contribution < -0.4 is 0 Å². The van der Waals surface area contributed by atoms with Crippen molar-refractivity contribution >= 4 is 11.8 Å². The molecule has 0 aliphatic heterocycles. The number of hydrogen-bond donors (Lipinski definition) is 1. The Balaban J connectivity index is 2.22. The van der Waals surface area contributed by atoms with Crippen LogP contribution in [0.25, 0.3) is 0 Å². The van der Waals surface area contributed by atoms with Gasteiger partial charge in [-0.2, -0.15) is 11.8 Å². The van der Waals surface area contributed by atoms with Gasteiger partial charge in [-0.15, -0.1) is 0 Å². The molecule has 0 aromatic rings. The molecule has 2 heteroatoms.